The highest BCUT2D eigenvalue weighted by atomic mass is 35.5. The molecule has 1 heterocycles. The van der Waals surface area contributed by atoms with E-state index >= 15 is 0 Å². The van der Waals surface area contributed by atoms with Crippen molar-refractivity contribution in [1.29, 1.82) is 0 Å². The van der Waals surface area contributed by atoms with E-state index in [1.807, 2.05) is 0 Å². The molecule has 0 atom stereocenters. The van der Waals surface area contributed by atoms with Crippen LogP contribution in [0.5, 0.6) is 0 Å². The Morgan fingerprint density at radius 2 is 1.91 bits per heavy atom. The van der Waals surface area contributed by atoms with Crippen molar-refractivity contribution in [3.8, 4) is 0 Å². The molecule has 116 valence electrons. The molecule has 1 amide bonds. The van der Waals surface area contributed by atoms with Crippen LogP contribution in [-0.2, 0) is 9.53 Å². The van der Waals surface area contributed by atoms with Gasteiger partial charge in [0.2, 0.25) is 0 Å². The van der Waals surface area contributed by atoms with Gasteiger partial charge >= 0.3 is 5.97 Å². The molecule has 0 saturated heterocycles. The number of benzene rings is 2. The highest BCUT2D eigenvalue weighted by molar-refractivity contribution is 7.00. The summed E-state index contributed by atoms with van der Waals surface area (Å²) in [5, 5.41) is 3.17. The molecule has 23 heavy (non-hydrogen) atoms. The molecule has 6 nitrogen and oxygen atoms in total. The van der Waals surface area contributed by atoms with E-state index in [-0.39, 0.29) is 0 Å². The zero-order valence-electron chi connectivity index (χ0n) is 11.7. The molecule has 3 rings (SSSR count). The van der Waals surface area contributed by atoms with Crippen LogP contribution in [0.4, 0.5) is 5.69 Å². The number of carbonyl (C=O) groups excluding carboxylic acids is 2. The van der Waals surface area contributed by atoms with Gasteiger partial charge in [0, 0.05) is 5.02 Å². The minimum absolute atomic E-state index is 0.327. The maximum Gasteiger partial charge on any atom is 0.338 e. The Morgan fingerprint density at radius 3 is 2.70 bits per heavy atom. The van der Waals surface area contributed by atoms with Gasteiger partial charge in [0.05, 0.1) is 23.0 Å². The fourth-order valence-electron chi connectivity index (χ4n) is 1.89. The van der Waals surface area contributed by atoms with Crippen molar-refractivity contribution >= 4 is 51.9 Å². The van der Waals surface area contributed by atoms with Gasteiger partial charge in [-0.3, -0.25) is 4.79 Å². The predicted octanol–water partition coefficient (Wildman–Crippen LogP) is 3.14. The summed E-state index contributed by atoms with van der Waals surface area (Å²) in [7, 11) is 0. The lowest BCUT2D eigenvalue weighted by atomic mass is 10.2. The Morgan fingerprint density at radius 1 is 1.13 bits per heavy atom. The summed E-state index contributed by atoms with van der Waals surface area (Å²) in [5.74, 6) is -1.04. The van der Waals surface area contributed by atoms with E-state index in [0.717, 1.165) is 11.7 Å². The summed E-state index contributed by atoms with van der Waals surface area (Å²) in [6.07, 6.45) is 0. The zero-order valence-corrected chi connectivity index (χ0v) is 13.2. The highest BCUT2D eigenvalue weighted by Gasteiger charge is 2.12. The number of esters is 1. The molecule has 0 fully saturated rings. The van der Waals surface area contributed by atoms with Crippen LogP contribution in [0.3, 0.4) is 0 Å². The molecule has 0 unspecified atom stereocenters. The standard InChI is InChI=1S/C15H10ClN3O3S/c16-10-6-4-9(5-7-10)15(21)22-8-13(20)17-11-2-1-3-12-14(11)19-23-18-12/h1-7H,8H2,(H,17,20). The first-order valence-corrected chi connectivity index (χ1v) is 7.68. The summed E-state index contributed by atoms with van der Waals surface area (Å²) < 4.78 is 13.2. The molecule has 0 radical (unpaired) electrons. The SMILES string of the molecule is O=C(COC(=O)c1ccc(Cl)cc1)Nc1cccc2nsnc12. The highest BCUT2D eigenvalue weighted by Crippen LogP contribution is 2.21. The van der Waals surface area contributed by atoms with Gasteiger partial charge in [0.15, 0.2) is 6.61 Å². The summed E-state index contributed by atoms with van der Waals surface area (Å²) in [6, 6.07) is 11.5. The van der Waals surface area contributed by atoms with E-state index in [4.69, 9.17) is 16.3 Å². The van der Waals surface area contributed by atoms with Crippen LogP contribution in [0, 0.1) is 0 Å². The van der Waals surface area contributed by atoms with E-state index < -0.39 is 18.5 Å². The second-order valence-electron chi connectivity index (χ2n) is 4.57. The number of hydrogen-bond donors (Lipinski definition) is 1. The number of amides is 1. The van der Waals surface area contributed by atoms with Crippen LogP contribution in [0.15, 0.2) is 42.5 Å². The molecule has 3 aromatic rings. The lowest BCUT2D eigenvalue weighted by Crippen LogP contribution is -2.21. The molecule has 0 aliphatic heterocycles. The van der Waals surface area contributed by atoms with Crippen molar-refractivity contribution in [2.45, 2.75) is 0 Å². The van der Waals surface area contributed by atoms with E-state index in [2.05, 4.69) is 14.1 Å². The van der Waals surface area contributed by atoms with Crippen LogP contribution >= 0.6 is 23.3 Å². The van der Waals surface area contributed by atoms with Crippen LogP contribution in [-0.4, -0.2) is 27.2 Å². The number of anilines is 1. The molecular weight excluding hydrogens is 338 g/mol. The number of halogens is 1. The third kappa shape index (κ3) is 3.64. The van der Waals surface area contributed by atoms with Crippen molar-refractivity contribution in [3.05, 3.63) is 53.1 Å². The topological polar surface area (TPSA) is 81.2 Å². The lowest BCUT2D eigenvalue weighted by Gasteiger charge is -2.07. The van der Waals surface area contributed by atoms with Gasteiger partial charge in [-0.15, -0.1) is 0 Å². The third-order valence-corrected chi connectivity index (χ3v) is 3.77. The maximum atomic E-state index is 11.9. The minimum Gasteiger partial charge on any atom is -0.452 e. The number of nitrogens with zero attached hydrogens (tertiary/aromatic N) is 2. The zero-order chi connectivity index (χ0) is 16.2. The first-order valence-electron chi connectivity index (χ1n) is 6.57. The molecule has 0 spiro atoms. The summed E-state index contributed by atoms with van der Waals surface area (Å²) in [4.78, 5) is 23.7. The summed E-state index contributed by atoms with van der Waals surface area (Å²) in [6.45, 7) is -0.393. The van der Waals surface area contributed by atoms with Gasteiger partial charge in [-0.05, 0) is 36.4 Å². The molecule has 0 saturated carbocycles. The third-order valence-electron chi connectivity index (χ3n) is 2.97. The number of aromatic nitrogens is 2. The first kappa shape index (κ1) is 15.4. The largest absolute Gasteiger partial charge is 0.452 e. The van der Waals surface area contributed by atoms with Crippen molar-refractivity contribution < 1.29 is 14.3 Å². The molecule has 1 aromatic heterocycles. The van der Waals surface area contributed by atoms with Crippen molar-refractivity contribution in [2.75, 3.05) is 11.9 Å². The first-order chi connectivity index (χ1) is 11.1. The van der Waals surface area contributed by atoms with Crippen molar-refractivity contribution in [1.82, 2.24) is 8.75 Å². The molecule has 8 heteroatoms. The van der Waals surface area contributed by atoms with E-state index in [9.17, 15) is 9.59 Å². The maximum absolute atomic E-state index is 11.9. The van der Waals surface area contributed by atoms with Crippen LogP contribution in [0.25, 0.3) is 11.0 Å². The van der Waals surface area contributed by atoms with Crippen LogP contribution in [0.2, 0.25) is 5.02 Å². The van der Waals surface area contributed by atoms with Crippen LogP contribution < -0.4 is 5.32 Å². The number of fused-ring (bicyclic) bond motifs is 1. The normalized spacial score (nSPS) is 10.5. The van der Waals surface area contributed by atoms with Crippen molar-refractivity contribution in [3.63, 3.8) is 0 Å². The Labute approximate surface area is 140 Å². The van der Waals surface area contributed by atoms with E-state index in [1.54, 1.807) is 30.3 Å². The average molecular weight is 348 g/mol. The second-order valence-corrected chi connectivity index (χ2v) is 5.53. The smallest absolute Gasteiger partial charge is 0.338 e. The van der Waals surface area contributed by atoms with Gasteiger partial charge in [0.1, 0.15) is 11.0 Å². The van der Waals surface area contributed by atoms with Gasteiger partial charge in [-0.2, -0.15) is 8.75 Å². The minimum atomic E-state index is -0.592. The molecule has 0 aliphatic carbocycles. The summed E-state index contributed by atoms with van der Waals surface area (Å²) >= 11 is 6.81. The van der Waals surface area contributed by atoms with Gasteiger partial charge < -0.3 is 10.1 Å². The molecule has 1 N–H and O–H groups in total. The predicted molar refractivity (Wildman–Crippen MR) is 87.8 cm³/mol. The molecule has 0 bridgehead atoms. The Kier molecular flexibility index (Phi) is 4.50. The Balaban J connectivity index is 1.60. The fraction of sp³-hybridized carbons (Fsp3) is 0.0667. The Bertz CT molecular complexity index is 864. The van der Waals surface area contributed by atoms with Crippen molar-refractivity contribution in [2.24, 2.45) is 0 Å². The molecular formula is C15H10ClN3O3S. The number of carbonyl (C=O) groups is 2. The number of ether oxygens (including phenoxy) is 1. The quantitative estimate of drug-likeness (QED) is 0.733. The fourth-order valence-corrected chi connectivity index (χ4v) is 2.57. The Hall–Kier alpha value is -2.51. The average Bonchev–Trinajstić information content (AvgIpc) is 3.03. The monoisotopic (exact) mass is 347 g/mol. The summed E-state index contributed by atoms with van der Waals surface area (Å²) in [5.41, 5.74) is 2.16. The van der Waals surface area contributed by atoms with Gasteiger partial charge in [0.25, 0.3) is 5.91 Å². The number of rotatable bonds is 4. The lowest BCUT2D eigenvalue weighted by molar-refractivity contribution is -0.119. The molecule has 0 aliphatic rings. The number of nitrogens with one attached hydrogen (secondary N) is 1. The van der Waals surface area contributed by atoms with Gasteiger partial charge in [-0.1, -0.05) is 17.7 Å². The second kappa shape index (κ2) is 6.72. The molecule has 2 aromatic carbocycles. The van der Waals surface area contributed by atoms with E-state index in [0.29, 0.717) is 27.3 Å². The van der Waals surface area contributed by atoms with Crippen LogP contribution in [0.1, 0.15) is 10.4 Å². The van der Waals surface area contributed by atoms with E-state index in [1.165, 1.54) is 12.1 Å². The number of hydrogen-bond acceptors (Lipinski definition) is 6. The van der Waals surface area contributed by atoms with Gasteiger partial charge in [-0.25, -0.2) is 4.79 Å².